The quantitative estimate of drug-likeness (QED) is 0.282. The topological polar surface area (TPSA) is 107 Å². The van der Waals surface area contributed by atoms with E-state index in [4.69, 9.17) is 9.72 Å². The van der Waals surface area contributed by atoms with Crippen LogP contribution in [0.25, 0.3) is 17.2 Å². The number of ether oxygens (including phenoxy) is 1. The number of pyridine rings is 1. The van der Waals surface area contributed by atoms with Crippen molar-refractivity contribution in [1.82, 2.24) is 24.5 Å². The van der Waals surface area contributed by atoms with Gasteiger partial charge in [-0.3, -0.25) is 9.78 Å². The highest BCUT2D eigenvalue weighted by Crippen LogP contribution is 2.23. The van der Waals surface area contributed by atoms with E-state index in [0.717, 1.165) is 29.7 Å². The Morgan fingerprint density at radius 2 is 1.79 bits per heavy atom. The zero-order chi connectivity index (χ0) is 27.1. The Labute approximate surface area is 223 Å². The van der Waals surface area contributed by atoms with Crippen LogP contribution < -0.4 is 10.3 Å². The molecule has 3 aromatic heterocycles. The van der Waals surface area contributed by atoms with Crippen LogP contribution in [0, 0.1) is 11.3 Å². The molecule has 0 spiro atoms. The summed E-state index contributed by atoms with van der Waals surface area (Å²) in [4.78, 5) is 32.5. The summed E-state index contributed by atoms with van der Waals surface area (Å²) >= 11 is 0. The van der Waals surface area contributed by atoms with Crippen LogP contribution in [0.2, 0.25) is 0 Å². The van der Waals surface area contributed by atoms with Crippen molar-refractivity contribution in [2.45, 2.75) is 59.3 Å². The third-order valence-corrected chi connectivity index (χ3v) is 6.23. The molecule has 4 rings (SSSR count). The molecule has 0 N–H and O–H groups in total. The van der Waals surface area contributed by atoms with Crippen LogP contribution in [0.5, 0.6) is 5.75 Å². The Morgan fingerprint density at radius 3 is 2.42 bits per heavy atom. The van der Waals surface area contributed by atoms with Crippen LogP contribution in [0.3, 0.4) is 0 Å². The van der Waals surface area contributed by atoms with Crippen molar-refractivity contribution in [2.24, 2.45) is 0 Å². The summed E-state index contributed by atoms with van der Waals surface area (Å²) in [5.74, 6) is 1.45. The Kier molecular flexibility index (Phi) is 8.59. The molecule has 194 valence electrons. The van der Waals surface area contributed by atoms with Gasteiger partial charge in [-0.15, -0.1) is 0 Å². The number of hydrogen-bond donors (Lipinski definition) is 0. The van der Waals surface area contributed by atoms with Crippen LogP contribution in [0.1, 0.15) is 74.7 Å². The lowest BCUT2D eigenvalue weighted by Crippen LogP contribution is -2.31. The average molecular weight is 509 g/mol. The Balaban J connectivity index is 1.78. The predicted molar refractivity (Wildman–Crippen MR) is 146 cm³/mol. The van der Waals surface area contributed by atoms with Gasteiger partial charge in [-0.25, -0.2) is 19.5 Å². The van der Waals surface area contributed by atoms with Crippen LogP contribution >= 0.6 is 0 Å². The molecule has 0 bridgehead atoms. The van der Waals surface area contributed by atoms with Gasteiger partial charge in [-0.1, -0.05) is 51.5 Å². The second kappa shape index (κ2) is 12.2. The summed E-state index contributed by atoms with van der Waals surface area (Å²) in [5, 5.41) is 9.45. The fraction of sp³-hybridized carbons (Fsp3) is 0.333. The van der Waals surface area contributed by atoms with E-state index in [9.17, 15) is 10.1 Å². The molecule has 1 aromatic carbocycles. The highest BCUT2D eigenvalue weighted by atomic mass is 16.5. The molecule has 0 aliphatic carbocycles. The van der Waals surface area contributed by atoms with Crippen molar-refractivity contribution in [3.8, 4) is 29.0 Å². The summed E-state index contributed by atoms with van der Waals surface area (Å²) in [6.07, 6.45) is 7.95. The normalized spacial score (nSPS) is 10.9. The van der Waals surface area contributed by atoms with Crippen LogP contribution in [0.15, 0.2) is 59.8 Å². The molecule has 38 heavy (non-hydrogen) atoms. The smallest absolute Gasteiger partial charge is 0.264 e. The minimum atomic E-state index is -0.169. The minimum Gasteiger partial charge on any atom is -0.491 e. The summed E-state index contributed by atoms with van der Waals surface area (Å²) in [5.41, 5.74) is 4.21. The molecule has 0 unspecified atom stereocenters. The number of aromatic nitrogens is 5. The molecule has 8 heteroatoms. The third kappa shape index (κ3) is 5.78. The number of nitriles is 1. The molecular formula is C30H32N6O2. The van der Waals surface area contributed by atoms with Crippen molar-refractivity contribution in [3.05, 3.63) is 93.6 Å². The van der Waals surface area contributed by atoms with Crippen molar-refractivity contribution in [3.63, 3.8) is 0 Å². The highest BCUT2D eigenvalue weighted by Gasteiger charge is 2.21. The lowest BCUT2D eigenvalue weighted by molar-refractivity contribution is 0.337. The van der Waals surface area contributed by atoms with E-state index in [1.165, 1.54) is 4.57 Å². The summed E-state index contributed by atoms with van der Waals surface area (Å²) in [6, 6.07) is 13.4. The molecule has 0 saturated heterocycles. The molecule has 0 atom stereocenters. The van der Waals surface area contributed by atoms with E-state index in [1.807, 2.05) is 51.1 Å². The number of benzene rings is 1. The molecule has 8 nitrogen and oxygen atoms in total. The van der Waals surface area contributed by atoms with Gasteiger partial charge in [0.05, 0.1) is 42.0 Å². The summed E-state index contributed by atoms with van der Waals surface area (Å²) in [6.45, 7) is 8.55. The first kappa shape index (κ1) is 26.7. The Morgan fingerprint density at radius 1 is 1.03 bits per heavy atom. The SMILES string of the molecule is CCCCc1nc(C(C)C)n(-c2ncc(OCC)cn2)c(=O)c1Cc1ccc(-c2ccccc2C#N)nc1. The zero-order valence-corrected chi connectivity index (χ0v) is 22.3. The van der Waals surface area contributed by atoms with Crippen molar-refractivity contribution >= 4 is 0 Å². The first-order valence-corrected chi connectivity index (χ1v) is 13.0. The van der Waals surface area contributed by atoms with E-state index < -0.39 is 0 Å². The molecule has 4 aromatic rings. The van der Waals surface area contributed by atoms with E-state index in [0.29, 0.717) is 47.8 Å². The second-order valence-electron chi connectivity index (χ2n) is 9.33. The van der Waals surface area contributed by atoms with Gasteiger partial charge in [0.2, 0.25) is 5.95 Å². The molecule has 0 radical (unpaired) electrons. The standard InChI is InChI=1S/C30H32N6O2/c1-5-7-12-27-25(15-21-13-14-26(32-17-21)24-11-9-8-10-22(24)16-31)29(37)36(28(35-27)20(3)4)30-33-18-23(19-34-30)38-6-2/h8-11,13-14,17-20H,5-7,12,15H2,1-4H3. The maximum Gasteiger partial charge on any atom is 0.264 e. The monoisotopic (exact) mass is 508 g/mol. The Hall–Kier alpha value is -4.38. The number of unbranched alkanes of at least 4 members (excludes halogenated alkanes) is 1. The van der Waals surface area contributed by atoms with Gasteiger partial charge in [0.15, 0.2) is 5.75 Å². The second-order valence-corrected chi connectivity index (χ2v) is 9.33. The van der Waals surface area contributed by atoms with Gasteiger partial charge >= 0.3 is 0 Å². The summed E-state index contributed by atoms with van der Waals surface area (Å²) < 4.78 is 7.00. The maximum atomic E-state index is 14.0. The van der Waals surface area contributed by atoms with Gasteiger partial charge in [0, 0.05) is 29.7 Å². The molecule has 0 fully saturated rings. The van der Waals surface area contributed by atoms with Crippen molar-refractivity contribution < 1.29 is 4.74 Å². The fourth-order valence-corrected chi connectivity index (χ4v) is 4.29. The minimum absolute atomic E-state index is 0.00607. The van der Waals surface area contributed by atoms with E-state index in [1.54, 1.807) is 24.7 Å². The number of rotatable bonds is 10. The lowest BCUT2D eigenvalue weighted by atomic mass is 10.0. The number of nitrogens with zero attached hydrogens (tertiary/aromatic N) is 6. The highest BCUT2D eigenvalue weighted by molar-refractivity contribution is 5.67. The fourth-order valence-electron chi connectivity index (χ4n) is 4.29. The number of hydrogen-bond acceptors (Lipinski definition) is 7. The molecule has 0 saturated carbocycles. The van der Waals surface area contributed by atoms with Crippen LogP contribution in [-0.2, 0) is 12.8 Å². The molecule has 0 aliphatic rings. The van der Waals surface area contributed by atoms with Gasteiger partial charge in [0.1, 0.15) is 5.82 Å². The average Bonchev–Trinajstić information content (AvgIpc) is 2.94. The van der Waals surface area contributed by atoms with E-state index >= 15 is 0 Å². The van der Waals surface area contributed by atoms with Gasteiger partial charge in [-0.05, 0) is 37.5 Å². The molecular weight excluding hydrogens is 476 g/mol. The molecule has 0 aliphatic heterocycles. The molecule has 3 heterocycles. The van der Waals surface area contributed by atoms with Gasteiger partial charge in [0.25, 0.3) is 5.56 Å². The summed E-state index contributed by atoms with van der Waals surface area (Å²) in [7, 11) is 0. The van der Waals surface area contributed by atoms with E-state index in [2.05, 4.69) is 27.9 Å². The van der Waals surface area contributed by atoms with Crippen LogP contribution in [0.4, 0.5) is 0 Å². The number of aryl methyl sites for hydroxylation is 1. The first-order valence-electron chi connectivity index (χ1n) is 13.0. The molecule has 0 amide bonds. The van der Waals surface area contributed by atoms with E-state index in [-0.39, 0.29) is 17.4 Å². The van der Waals surface area contributed by atoms with Crippen LogP contribution in [-0.4, -0.2) is 31.1 Å². The Bertz CT molecular complexity index is 1490. The first-order chi connectivity index (χ1) is 18.5. The zero-order valence-electron chi connectivity index (χ0n) is 22.3. The van der Waals surface area contributed by atoms with Gasteiger partial charge in [-0.2, -0.15) is 5.26 Å². The predicted octanol–water partition coefficient (Wildman–Crippen LogP) is 5.41. The van der Waals surface area contributed by atoms with Crippen molar-refractivity contribution in [1.29, 1.82) is 5.26 Å². The van der Waals surface area contributed by atoms with Gasteiger partial charge < -0.3 is 4.74 Å². The third-order valence-electron chi connectivity index (χ3n) is 6.23. The lowest BCUT2D eigenvalue weighted by Gasteiger charge is -2.18. The largest absolute Gasteiger partial charge is 0.491 e. The maximum absolute atomic E-state index is 14.0. The van der Waals surface area contributed by atoms with Crippen molar-refractivity contribution in [2.75, 3.05) is 6.61 Å².